The normalized spacial score (nSPS) is 22.1. The second kappa shape index (κ2) is 4.57. The van der Waals surface area contributed by atoms with Crippen LogP contribution in [0.2, 0.25) is 5.02 Å². The number of imidazole rings is 1. The number of aromatic amines is 1. The first-order valence-corrected chi connectivity index (χ1v) is 8.43. The van der Waals surface area contributed by atoms with E-state index in [0.717, 1.165) is 11.9 Å². The molecule has 1 aliphatic heterocycles. The van der Waals surface area contributed by atoms with Crippen molar-refractivity contribution in [1.82, 2.24) is 14.5 Å². The van der Waals surface area contributed by atoms with Crippen LogP contribution in [0, 0.1) is 4.77 Å². The molecule has 0 radical (unpaired) electrons. The van der Waals surface area contributed by atoms with Crippen LogP contribution in [0.1, 0.15) is 12.8 Å². The van der Waals surface area contributed by atoms with Gasteiger partial charge >= 0.3 is 0 Å². The van der Waals surface area contributed by atoms with Gasteiger partial charge in [0, 0.05) is 12.7 Å². The molecule has 5 nitrogen and oxygen atoms in total. The molecule has 1 atom stereocenters. The highest BCUT2D eigenvalue weighted by Crippen LogP contribution is 2.24. The summed E-state index contributed by atoms with van der Waals surface area (Å²) in [5, 5.41) is 0.153. The minimum absolute atomic E-state index is 0.270. The summed E-state index contributed by atoms with van der Waals surface area (Å²) in [5.41, 5.74) is 1.38. The van der Waals surface area contributed by atoms with Crippen molar-refractivity contribution in [1.29, 1.82) is 0 Å². The van der Waals surface area contributed by atoms with Gasteiger partial charge in [-0.15, -0.1) is 0 Å². The maximum absolute atomic E-state index is 11.9. The third kappa shape index (κ3) is 2.30. The number of pyridine rings is 1. The quantitative estimate of drug-likeness (QED) is 0.863. The van der Waals surface area contributed by atoms with Gasteiger partial charge in [0.05, 0.1) is 21.5 Å². The molecule has 2 aromatic heterocycles. The van der Waals surface area contributed by atoms with E-state index in [-0.39, 0.29) is 11.0 Å². The van der Waals surface area contributed by atoms with Crippen molar-refractivity contribution in [3.8, 4) is 0 Å². The Morgan fingerprint density at radius 2 is 2.37 bits per heavy atom. The number of sulfone groups is 1. The monoisotopic (exact) mass is 317 g/mol. The maximum atomic E-state index is 11.9. The molecule has 3 rings (SSSR count). The molecule has 2 aromatic rings. The first-order valence-electron chi connectivity index (χ1n) is 5.93. The van der Waals surface area contributed by atoms with Crippen LogP contribution >= 0.6 is 23.8 Å². The summed E-state index contributed by atoms with van der Waals surface area (Å²) in [4.78, 5) is 7.23. The lowest BCUT2D eigenvalue weighted by atomic mass is 10.2. The third-order valence-corrected chi connectivity index (χ3v) is 6.21. The molecular weight excluding hydrogens is 306 g/mol. The molecule has 1 N–H and O–H groups in total. The topological polar surface area (TPSA) is 67.8 Å². The zero-order chi connectivity index (χ0) is 13.6. The molecule has 0 aliphatic carbocycles. The zero-order valence-corrected chi connectivity index (χ0v) is 12.4. The SMILES string of the molecule is O=S1(=O)CCCC1Cn1c(=S)[nH]c2cc(Cl)cnc21. The Balaban J connectivity index is 2.06. The van der Waals surface area contributed by atoms with E-state index in [1.54, 1.807) is 10.6 Å². The highest BCUT2D eigenvalue weighted by atomic mass is 35.5. The van der Waals surface area contributed by atoms with Crippen LogP contribution in [0.4, 0.5) is 0 Å². The molecule has 0 aromatic carbocycles. The van der Waals surface area contributed by atoms with Gasteiger partial charge in [0.15, 0.2) is 20.3 Å². The number of hydrogen-bond acceptors (Lipinski definition) is 4. The highest BCUT2D eigenvalue weighted by Gasteiger charge is 2.32. The fourth-order valence-electron chi connectivity index (χ4n) is 2.45. The number of halogens is 1. The summed E-state index contributed by atoms with van der Waals surface area (Å²) in [7, 11) is -2.99. The van der Waals surface area contributed by atoms with Crippen molar-refractivity contribution in [3.05, 3.63) is 22.1 Å². The van der Waals surface area contributed by atoms with Crippen LogP contribution < -0.4 is 0 Å². The minimum Gasteiger partial charge on any atom is -0.329 e. The van der Waals surface area contributed by atoms with E-state index in [1.165, 1.54) is 6.20 Å². The van der Waals surface area contributed by atoms with E-state index in [0.29, 0.717) is 28.4 Å². The lowest BCUT2D eigenvalue weighted by Gasteiger charge is -2.10. The van der Waals surface area contributed by atoms with Crippen molar-refractivity contribution in [2.24, 2.45) is 0 Å². The van der Waals surface area contributed by atoms with E-state index in [1.807, 2.05) is 0 Å². The maximum Gasteiger partial charge on any atom is 0.179 e. The lowest BCUT2D eigenvalue weighted by Crippen LogP contribution is -2.22. The Morgan fingerprint density at radius 1 is 1.58 bits per heavy atom. The Morgan fingerprint density at radius 3 is 3.05 bits per heavy atom. The minimum atomic E-state index is -2.99. The molecular formula is C11H12ClN3O2S2. The largest absolute Gasteiger partial charge is 0.329 e. The molecule has 8 heteroatoms. The van der Waals surface area contributed by atoms with E-state index in [2.05, 4.69) is 9.97 Å². The highest BCUT2D eigenvalue weighted by molar-refractivity contribution is 7.92. The predicted molar refractivity (Wildman–Crippen MR) is 76.7 cm³/mol. The zero-order valence-electron chi connectivity index (χ0n) is 9.97. The summed E-state index contributed by atoms with van der Waals surface area (Å²) in [6, 6.07) is 1.74. The Bertz CT molecular complexity index is 794. The van der Waals surface area contributed by atoms with Gasteiger partial charge in [0.2, 0.25) is 0 Å². The summed E-state index contributed by atoms with van der Waals surface area (Å²) in [6.45, 7) is 0.357. The summed E-state index contributed by atoms with van der Waals surface area (Å²) >= 11 is 11.1. The third-order valence-electron chi connectivity index (χ3n) is 3.42. The van der Waals surface area contributed by atoms with Crippen LogP contribution in [0.3, 0.4) is 0 Å². The van der Waals surface area contributed by atoms with E-state index in [4.69, 9.17) is 23.8 Å². The lowest BCUT2D eigenvalue weighted by molar-refractivity contribution is 0.567. The second-order valence-corrected chi connectivity index (χ2v) is 7.92. The van der Waals surface area contributed by atoms with Crippen LogP contribution in [0.25, 0.3) is 11.2 Å². The average molecular weight is 318 g/mol. The number of aromatic nitrogens is 3. The molecule has 0 spiro atoms. The van der Waals surface area contributed by atoms with Gasteiger partial charge in [-0.1, -0.05) is 11.6 Å². The Hall–Kier alpha value is -0.920. The van der Waals surface area contributed by atoms with Crippen LogP contribution in [0.15, 0.2) is 12.3 Å². The fraction of sp³-hybridized carbons (Fsp3) is 0.455. The Labute approximate surface area is 120 Å². The van der Waals surface area contributed by atoms with Crippen LogP contribution in [0.5, 0.6) is 0 Å². The first kappa shape index (κ1) is 13.1. The number of hydrogen-bond donors (Lipinski definition) is 1. The van der Waals surface area contributed by atoms with Crippen molar-refractivity contribution < 1.29 is 8.42 Å². The number of nitrogens with one attached hydrogen (secondary N) is 1. The van der Waals surface area contributed by atoms with Gasteiger partial charge < -0.3 is 9.55 Å². The molecule has 19 heavy (non-hydrogen) atoms. The first-order chi connectivity index (χ1) is 8.97. The van der Waals surface area contributed by atoms with Gasteiger partial charge in [-0.05, 0) is 31.1 Å². The van der Waals surface area contributed by atoms with Gasteiger partial charge in [-0.3, -0.25) is 0 Å². The molecule has 1 unspecified atom stereocenters. The summed E-state index contributed by atoms with van der Waals surface area (Å²) < 4.78 is 26.0. The molecule has 1 aliphatic rings. The van der Waals surface area contributed by atoms with Crippen LogP contribution in [-0.4, -0.2) is 34.0 Å². The molecule has 3 heterocycles. The van der Waals surface area contributed by atoms with Crippen LogP contribution in [-0.2, 0) is 16.4 Å². The molecule has 0 saturated carbocycles. The predicted octanol–water partition coefficient (Wildman–Crippen LogP) is 2.32. The van der Waals surface area contributed by atoms with Crippen molar-refractivity contribution in [3.63, 3.8) is 0 Å². The molecule has 1 saturated heterocycles. The van der Waals surface area contributed by atoms with Gasteiger partial charge in [-0.2, -0.15) is 0 Å². The van der Waals surface area contributed by atoms with Gasteiger partial charge in [-0.25, -0.2) is 13.4 Å². The smallest absolute Gasteiger partial charge is 0.179 e. The number of rotatable bonds is 2. The van der Waals surface area contributed by atoms with Crippen molar-refractivity contribution >= 4 is 44.8 Å². The number of nitrogens with zero attached hydrogens (tertiary/aromatic N) is 2. The molecule has 1 fully saturated rings. The van der Waals surface area contributed by atoms with E-state index >= 15 is 0 Å². The van der Waals surface area contributed by atoms with Crippen molar-refractivity contribution in [2.75, 3.05) is 5.75 Å². The van der Waals surface area contributed by atoms with Gasteiger partial charge in [0.1, 0.15) is 0 Å². The number of H-pyrrole nitrogens is 1. The van der Waals surface area contributed by atoms with E-state index in [9.17, 15) is 8.42 Å². The molecule has 0 bridgehead atoms. The summed E-state index contributed by atoms with van der Waals surface area (Å²) in [5.74, 6) is 0.270. The fourth-order valence-corrected chi connectivity index (χ4v) is 4.69. The van der Waals surface area contributed by atoms with Crippen molar-refractivity contribution in [2.45, 2.75) is 24.6 Å². The van der Waals surface area contributed by atoms with Gasteiger partial charge in [0.25, 0.3) is 0 Å². The molecule has 102 valence electrons. The molecule has 0 amide bonds. The Kier molecular flexibility index (Phi) is 3.15. The second-order valence-electron chi connectivity index (χ2n) is 4.70. The number of fused-ring (bicyclic) bond motifs is 1. The summed E-state index contributed by atoms with van der Waals surface area (Å²) in [6.07, 6.45) is 2.94. The van der Waals surface area contributed by atoms with E-state index < -0.39 is 9.84 Å². The standard InChI is InChI=1S/C11H12ClN3O2S2/c12-7-4-9-10(13-5-7)15(11(18)14-9)6-8-2-1-3-19(8,16)17/h4-5,8H,1-3,6H2,(H,14,18). The average Bonchev–Trinajstić information content (AvgIpc) is 2.80.